The number of nitrogens with zero attached hydrogens (tertiary/aromatic N) is 2. The summed E-state index contributed by atoms with van der Waals surface area (Å²) in [5.41, 5.74) is 0.00856. The fourth-order valence-corrected chi connectivity index (χ4v) is 4.48. The summed E-state index contributed by atoms with van der Waals surface area (Å²) in [6.07, 6.45) is -4.05. The number of hydrogen-bond acceptors (Lipinski definition) is 4. The van der Waals surface area contributed by atoms with Crippen molar-refractivity contribution in [1.82, 2.24) is 10.2 Å². The van der Waals surface area contributed by atoms with Gasteiger partial charge in [-0.3, -0.25) is 13.9 Å². The Morgan fingerprint density at radius 3 is 2.34 bits per heavy atom. The Kier molecular flexibility index (Phi) is 9.18. The summed E-state index contributed by atoms with van der Waals surface area (Å²) in [5, 5.41) is 2.01. The SMILES string of the molecule is CCNC(=O)C(C)N(Cc1cccc(C)c1)C(=O)CN(c1ccc(Cl)c(C(F)(F)F)c1)S(C)(=O)=O. The lowest BCUT2D eigenvalue weighted by Crippen LogP contribution is -2.51. The van der Waals surface area contributed by atoms with Crippen LogP contribution in [-0.4, -0.2) is 50.5 Å². The molecule has 0 saturated heterocycles. The highest BCUT2D eigenvalue weighted by molar-refractivity contribution is 7.92. The molecule has 0 aromatic heterocycles. The number of alkyl halides is 3. The van der Waals surface area contributed by atoms with Crippen LogP contribution >= 0.6 is 11.6 Å². The highest BCUT2D eigenvalue weighted by Crippen LogP contribution is 2.37. The van der Waals surface area contributed by atoms with Crippen LogP contribution in [-0.2, 0) is 32.3 Å². The van der Waals surface area contributed by atoms with Gasteiger partial charge in [-0.25, -0.2) is 8.42 Å². The van der Waals surface area contributed by atoms with Crippen molar-refractivity contribution in [3.8, 4) is 0 Å². The van der Waals surface area contributed by atoms with Gasteiger partial charge in [0.05, 0.1) is 22.5 Å². The number of sulfonamides is 1. The molecule has 1 unspecified atom stereocenters. The highest BCUT2D eigenvalue weighted by Gasteiger charge is 2.35. The monoisotopic (exact) mass is 533 g/mol. The molecule has 2 aromatic rings. The molecule has 0 aliphatic carbocycles. The second-order valence-electron chi connectivity index (χ2n) is 8.01. The average Bonchev–Trinajstić information content (AvgIpc) is 2.74. The largest absolute Gasteiger partial charge is 0.417 e. The summed E-state index contributed by atoms with van der Waals surface area (Å²) in [6, 6.07) is 8.81. The van der Waals surface area contributed by atoms with E-state index in [1.54, 1.807) is 19.1 Å². The average molecular weight is 534 g/mol. The van der Waals surface area contributed by atoms with Crippen molar-refractivity contribution in [2.45, 2.75) is 39.5 Å². The number of carbonyl (C=O) groups is 2. The van der Waals surface area contributed by atoms with Gasteiger partial charge in [-0.05, 0) is 44.5 Å². The number of rotatable bonds is 9. The number of hydrogen-bond donors (Lipinski definition) is 1. The number of benzene rings is 2. The van der Waals surface area contributed by atoms with E-state index in [4.69, 9.17) is 11.6 Å². The van der Waals surface area contributed by atoms with E-state index in [1.807, 2.05) is 19.1 Å². The number of anilines is 1. The van der Waals surface area contributed by atoms with E-state index in [9.17, 15) is 31.2 Å². The minimum absolute atomic E-state index is 0.00909. The molecule has 0 heterocycles. The van der Waals surface area contributed by atoms with Crippen molar-refractivity contribution < 1.29 is 31.2 Å². The Bertz CT molecular complexity index is 1190. The summed E-state index contributed by atoms with van der Waals surface area (Å²) in [5.74, 6) is -1.22. The van der Waals surface area contributed by atoms with Crippen LogP contribution in [0.25, 0.3) is 0 Å². The fourth-order valence-electron chi connectivity index (χ4n) is 3.41. The van der Waals surface area contributed by atoms with E-state index < -0.39 is 51.2 Å². The van der Waals surface area contributed by atoms with Gasteiger partial charge in [0.15, 0.2) is 0 Å². The zero-order chi connectivity index (χ0) is 26.6. The number of nitrogens with one attached hydrogen (secondary N) is 1. The van der Waals surface area contributed by atoms with Gasteiger partial charge < -0.3 is 10.2 Å². The first-order valence-electron chi connectivity index (χ1n) is 10.6. The fraction of sp³-hybridized carbons (Fsp3) is 0.391. The minimum Gasteiger partial charge on any atom is -0.355 e. The molecule has 0 spiro atoms. The summed E-state index contributed by atoms with van der Waals surface area (Å²) in [4.78, 5) is 27.1. The molecule has 35 heavy (non-hydrogen) atoms. The van der Waals surface area contributed by atoms with Gasteiger partial charge >= 0.3 is 6.18 Å². The maximum Gasteiger partial charge on any atom is 0.417 e. The normalized spacial score (nSPS) is 12.7. The molecule has 0 fully saturated rings. The van der Waals surface area contributed by atoms with Crippen LogP contribution in [0.3, 0.4) is 0 Å². The van der Waals surface area contributed by atoms with Gasteiger partial charge in [-0.1, -0.05) is 41.4 Å². The van der Waals surface area contributed by atoms with Crippen molar-refractivity contribution in [1.29, 1.82) is 0 Å². The van der Waals surface area contributed by atoms with Crippen LogP contribution in [0, 0.1) is 6.92 Å². The molecule has 2 aromatic carbocycles. The number of halogens is 4. The smallest absolute Gasteiger partial charge is 0.355 e. The minimum atomic E-state index is -4.83. The van der Waals surface area contributed by atoms with Crippen molar-refractivity contribution in [2.75, 3.05) is 23.7 Å². The molecule has 2 rings (SSSR count). The number of carbonyl (C=O) groups excluding carboxylic acids is 2. The van der Waals surface area contributed by atoms with Gasteiger partial charge in [0.1, 0.15) is 12.6 Å². The van der Waals surface area contributed by atoms with Gasteiger partial charge in [0, 0.05) is 13.1 Å². The number of likely N-dealkylation sites (N-methyl/N-ethyl adjacent to an activating group) is 1. The third-order valence-electron chi connectivity index (χ3n) is 5.18. The highest BCUT2D eigenvalue weighted by atomic mass is 35.5. The molecule has 12 heteroatoms. The molecule has 7 nitrogen and oxygen atoms in total. The van der Waals surface area contributed by atoms with Gasteiger partial charge in [0.25, 0.3) is 0 Å². The lowest BCUT2D eigenvalue weighted by atomic mass is 10.1. The van der Waals surface area contributed by atoms with Crippen LogP contribution in [0.4, 0.5) is 18.9 Å². The molecule has 2 amide bonds. The van der Waals surface area contributed by atoms with Crippen LogP contribution < -0.4 is 9.62 Å². The topological polar surface area (TPSA) is 86.8 Å². The summed E-state index contributed by atoms with van der Waals surface area (Å²) in [6.45, 7) is 4.55. The second kappa shape index (κ2) is 11.3. The number of amides is 2. The van der Waals surface area contributed by atoms with E-state index in [1.165, 1.54) is 11.8 Å². The molecule has 1 atom stereocenters. The third kappa shape index (κ3) is 7.60. The zero-order valence-corrected chi connectivity index (χ0v) is 21.3. The molecule has 0 radical (unpaired) electrons. The van der Waals surface area contributed by atoms with Gasteiger partial charge in [0.2, 0.25) is 21.8 Å². The maximum atomic E-state index is 13.4. The summed E-state index contributed by atoms with van der Waals surface area (Å²) >= 11 is 5.66. The predicted octanol–water partition coefficient (Wildman–Crippen LogP) is 3.99. The van der Waals surface area contributed by atoms with E-state index in [0.717, 1.165) is 24.0 Å². The van der Waals surface area contributed by atoms with Gasteiger partial charge in [-0.15, -0.1) is 0 Å². The molecular weight excluding hydrogens is 507 g/mol. The molecule has 0 saturated carbocycles. The number of aryl methyl sites for hydroxylation is 1. The van der Waals surface area contributed by atoms with Crippen molar-refractivity contribution in [2.24, 2.45) is 0 Å². The first-order chi connectivity index (χ1) is 16.1. The van der Waals surface area contributed by atoms with Crippen molar-refractivity contribution in [3.05, 3.63) is 64.2 Å². The molecule has 1 N–H and O–H groups in total. The van der Waals surface area contributed by atoms with Crippen LogP contribution in [0.5, 0.6) is 0 Å². The second-order valence-corrected chi connectivity index (χ2v) is 10.3. The lowest BCUT2D eigenvalue weighted by molar-refractivity contribution is -0.139. The molecular formula is C23H27ClF3N3O4S. The van der Waals surface area contributed by atoms with Crippen LogP contribution in [0.1, 0.15) is 30.5 Å². The standard InChI is InChI=1S/C23H27ClF3N3O4S/c1-5-28-22(32)16(3)29(13-17-8-6-7-15(2)11-17)21(31)14-30(35(4,33)34)18-9-10-20(24)19(12-18)23(25,26)27/h6-12,16H,5,13-14H2,1-4H3,(H,28,32). The van der Waals surface area contributed by atoms with Crippen molar-refractivity contribution in [3.63, 3.8) is 0 Å². The Morgan fingerprint density at radius 2 is 1.80 bits per heavy atom. The van der Waals surface area contributed by atoms with Crippen LogP contribution in [0.15, 0.2) is 42.5 Å². The molecule has 0 aliphatic rings. The Morgan fingerprint density at radius 1 is 1.14 bits per heavy atom. The summed E-state index contributed by atoms with van der Waals surface area (Å²) < 4.78 is 65.6. The van der Waals surface area contributed by atoms with E-state index in [0.29, 0.717) is 22.5 Å². The quantitative estimate of drug-likeness (QED) is 0.528. The first-order valence-corrected chi connectivity index (χ1v) is 12.8. The molecule has 0 bridgehead atoms. The Balaban J connectivity index is 2.47. The lowest BCUT2D eigenvalue weighted by Gasteiger charge is -2.31. The Hall–Kier alpha value is -2.79. The molecule has 0 aliphatic heterocycles. The van der Waals surface area contributed by atoms with E-state index >= 15 is 0 Å². The maximum absolute atomic E-state index is 13.4. The zero-order valence-electron chi connectivity index (χ0n) is 19.7. The third-order valence-corrected chi connectivity index (χ3v) is 6.65. The van der Waals surface area contributed by atoms with Gasteiger partial charge in [-0.2, -0.15) is 13.2 Å². The Labute approximate surface area is 207 Å². The summed E-state index contributed by atoms with van der Waals surface area (Å²) in [7, 11) is -4.18. The van der Waals surface area contributed by atoms with E-state index in [2.05, 4.69) is 5.32 Å². The van der Waals surface area contributed by atoms with Crippen molar-refractivity contribution >= 4 is 39.1 Å². The first kappa shape index (κ1) is 28.4. The van der Waals surface area contributed by atoms with E-state index in [-0.39, 0.29) is 12.2 Å². The van der Waals surface area contributed by atoms with Crippen LogP contribution in [0.2, 0.25) is 5.02 Å². The predicted molar refractivity (Wildman–Crippen MR) is 129 cm³/mol. The molecule has 192 valence electrons.